The molecule has 0 radical (unpaired) electrons. The minimum atomic E-state index is 0.216. The number of nitrogens with zero attached hydrogens (tertiary/aromatic N) is 3. The van der Waals surface area contributed by atoms with Crippen molar-refractivity contribution in [2.45, 2.75) is 77.3 Å². The van der Waals surface area contributed by atoms with Crippen LogP contribution in [0.4, 0.5) is 5.69 Å². The van der Waals surface area contributed by atoms with E-state index in [2.05, 4.69) is 108 Å². The summed E-state index contributed by atoms with van der Waals surface area (Å²) >= 11 is 0. The van der Waals surface area contributed by atoms with E-state index in [1.165, 1.54) is 36.1 Å². The number of benzene rings is 3. The lowest BCUT2D eigenvalue weighted by atomic mass is 9.88. The highest BCUT2D eigenvalue weighted by molar-refractivity contribution is 5.97. The maximum atomic E-state index is 13.9. The highest BCUT2D eigenvalue weighted by atomic mass is 16.2. The summed E-state index contributed by atoms with van der Waals surface area (Å²) in [6.45, 7) is 11.7. The van der Waals surface area contributed by atoms with Crippen LogP contribution in [0.25, 0.3) is 0 Å². The van der Waals surface area contributed by atoms with E-state index < -0.39 is 0 Å². The zero-order valence-corrected chi connectivity index (χ0v) is 24.8. The fourth-order valence-corrected chi connectivity index (χ4v) is 6.94. The molecule has 1 saturated carbocycles. The zero-order chi connectivity index (χ0) is 27.9. The average molecular weight is 538 g/mol. The van der Waals surface area contributed by atoms with E-state index in [-0.39, 0.29) is 11.9 Å². The van der Waals surface area contributed by atoms with Crippen LogP contribution in [0.5, 0.6) is 0 Å². The molecule has 1 aliphatic heterocycles. The fraction of sp³-hybridized carbons (Fsp3) is 0.472. The number of carbonyl (C=O) groups is 1. The Kier molecular flexibility index (Phi) is 9.59. The Bertz CT molecular complexity index is 1170. The van der Waals surface area contributed by atoms with Gasteiger partial charge in [-0.3, -0.25) is 9.69 Å². The quantitative estimate of drug-likeness (QED) is 0.282. The van der Waals surface area contributed by atoms with Crippen LogP contribution >= 0.6 is 0 Å². The van der Waals surface area contributed by atoms with Gasteiger partial charge < -0.3 is 9.80 Å². The summed E-state index contributed by atoms with van der Waals surface area (Å²) in [7, 11) is 0. The molecule has 5 rings (SSSR count). The Labute approximate surface area is 242 Å². The van der Waals surface area contributed by atoms with Crippen LogP contribution in [-0.2, 0) is 0 Å². The molecular weight excluding hydrogens is 490 g/mol. The number of rotatable bonds is 9. The summed E-state index contributed by atoms with van der Waals surface area (Å²) in [6.07, 6.45) is 7.17. The van der Waals surface area contributed by atoms with Crippen LogP contribution in [0.3, 0.4) is 0 Å². The Morgan fingerprint density at radius 1 is 0.800 bits per heavy atom. The van der Waals surface area contributed by atoms with Gasteiger partial charge in [0.15, 0.2) is 0 Å². The second-order valence-corrected chi connectivity index (χ2v) is 12.0. The van der Waals surface area contributed by atoms with Gasteiger partial charge >= 0.3 is 0 Å². The number of amides is 1. The van der Waals surface area contributed by atoms with Crippen LogP contribution < -0.4 is 4.90 Å². The van der Waals surface area contributed by atoms with Crippen molar-refractivity contribution < 1.29 is 4.79 Å². The number of hydrogen-bond acceptors (Lipinski definition) is 3. The Morgan fingerprint density at radius 3 is 1.98 bits per heavy atom. The minimum absolute atomic E-state index is 0.216. The number of anilines is 1. The van der Waals surface area contributed by atoms with Crippen LogP contribution in [0.2, 0.25) is 0 Å². The minimum Gasteiger partial charge on any atom is -0.369 e. The first kappa shape index (κ1) is 28.4. The van der Waals surface area contributed by atoms with Crippen molar-refractivity contribution in [3.8, 4) is 0 Å². The number of piperazine rings is 1. The molecule has 3 aromatic rings. The van der Waals surface area contributed by atoms with Gasteiger partial charge in [-0.15, -0.1) is 0 Å². The maximum absolute atomic E-state index is 13.9. The highest BCUT2D eigenvalue weighted by Gasteiger charge is 2.30. The molecule has 40 heavy (non-hydrogen) atoms. The number of hydrogen-bond donors (Lipinski definition) is 0. The molecular formula is C36H47N3O. The molecule has 0 atom stereocenters. The third-order valence-corrected chi connectivity index (χ3v) is 9.15. The van der Waals surface area contributed by atoms with E-state index in [1.807, 2.05) is 6.07 Å². The Morgan fingerprint density at radius 2 is 1.40 bits per heavy atom. The first-order valence-corrected chi connectivity index (χ1v) is 15.5. The predicted octanol–water partition coefficient (Wildman–Crippen LogP) is 7.52. The van der Waals surface area contributed by atoms with E-state index in [9.17, 15) is 4.79 Å². The highest BCUT2D eigenvalue weighted by Crippen LogP contribution is 2.31. The van der Waals surface area contributed by atoms with Gasteiger partial charge in [0, 0.05) is 55.4 Å². The van der Waals surface area contributed by atoms with Gasteiger partial charge in [0.1, 0.15) is 0 Å². The monoisotopic (exact) mass is 537 g/mol. The van der Waals surface area contributed by atoms with Gasteiger partial charge in [-0.25, -0.2) is 0 Å². The van der Waals surface area contributed by atoms with Crippen LogP contribution in [0.1, 0.15) is 85.3 Å². The smallest absolute Gasteiger partial charge is 0.254 e. The summed E-state index contributed by atoms with van der Waals surface area (Å²) in [6, 6.07) is 28.8. The number of carbonyl (C=O) groups excluding carboxylic acids is 1. The van der Waals surface area contributed by atoms with Gasteiger partial charge in [-0.05, 0) is 75.4 Å². The summed E-state index contributed by atoms with van der Waals surface area (Å²) in [5.74, 6) is 0.631. The third-order valence-electron chi connectivity index (χ3n) is 9.15. The first-order valence-electron chi connectivity index (χ1n) is 15.5. The summed E-state index contributed by atoms with van der Waals surface area (Å²) in [5, 5.41) is 0. The summed E-state index contributed by atoms with van der Waals surface area (Å²) < 4.78 is 0. The van der Waals surface area contributed by atoms with Crippen molar-refractivity contribution in [2.75, 3.05) is 37.6 Å². The van der Waals surface area contributed by atoms with Crippen molar-refractivity contribution in [2.24, 2.45) is 0 Å². The molecule has 2 aliphatic rings. The summed E-state index contributed by atoms with van der Waals surface area (Å²) in [4.78, 5) is 21.2. The molecule has 1 heterocycles. The molecule has 0 unspecified atom stereocenters. The van der Waals surface area contributed by atoms with Crippen LogP contribution in [-0.4, -0.2) is 60.5 Å². The predicted molar refractivity (Wildman–Crippen MR) is 167 cm³/mol. The molecule has 0 bridgehead atoms. The molecule has 3 aromatic carbocycles. The fourth-order valence-electron chi connectivity index (χ4n) is 6.94. The van der Waals surface area contributed by atoms with Gasteiger partial charge in [0.25, 0.3) is 5.91 Å². The molecule has 1 amide bonds. The van der Waals surface area contributed by atoms with E-state index in [1.54, 1.807) is 0 Å². The van der Waals surface area contributed by atoms with Crippen molar-refractivity contribution >= 4 is 11.6 Å². The molecule has 2 fully saturated rings. The lowest BCUT2D eigenvalue weighted by Crippen LogP contribution is -2.47. The van der Waals surface area contributed by atoms with E-state index in [4.69, 9.17) is 0 Å². The van der Waals surface area contributed by atoms with E-state index in [0.29, 0.717) is 12.0 Å². The zero-order valence-electron chi connectivity index (χ0n) is 24.8. The van der Waals surface area contributed by atoms with Crippen LogP contribution in [0.15, 0.2) is 78.9 Å². The SMILES string of the molecule is Cc1c(C(=O)N(C(C)C)C2CCCCC2)cccc1N1CCN(CCC(c2ccccc2)c2ccccc2)CC1. The van der Waals surface area contributed by atoms with Gasteiger partial charge in [0.2, 0.25) is 0 Å². The lowest BCUT2D eigenvalue weighted by molar-refractivity contribution is 0.0554. The Balaban J connectivity index is 1.23. The maximum Gasteiger partial charge on any atom is 0.254 e. The Hall–Kier alpha value is -3.11. The second kappa shape index (κ2) is 13.5. The standard InChI is InChI=1S/C36H47N3O/c1-28(2)39(32-18-11-6-12-19-32)36(40)33-20-13-21-35(29(33)3)38-26-24-37(25-27-38)23-22-34(30-14-7-4-8-15-30)31-16-9-5-10-17-31/h4-5,7-10,13-17,20-21,28,32,34H,6,11-12,18-19,22-27H2,1-3H3. The van der Waals surface area contributed by atoms with Gasteiger partial charge in [0.05, 0.1) is 0 Å². The average Bonchev–Trinajstić information content (AvgIpc) is 2.99. The third kappa shape index (κ3) is 6.61. The van der Waals surface area contributed by atoms with Crippen molar-refractivity contribution in [3.05, 3.63) is 101 Å². The molecule has 4 heteroatoms. The molecule has 0 aromatic heterocycles. The van der Waals surface area contributed by atoms with E-state index >= 15 is 0 Å². The van der Waals surface area contributed by atoms with Crippen molar-refractivity contribution in [1.29, 1.82) is 0 Å². The lowest BCUT2D eigenvalue weighted by Gasteiger charge is -2.39. The normalized spacial score (nSPS) is 17.0. The van der Waals surface area contributed by atoms with Crippen molar-refractivity contribution in [1.82, 2.24) is 9.80 Å². The molecule has 0 spiro atoms. The van der Waals surface area contributed by atoms with Gasteiger partial charge in [-0.2, -0.15) is 0 Å². The molecule has 212 valence electrons. The molecule has 0 N–H and O–H groups in total. The topological polar surface area (TPSA) is 26.8 Å². The molecule has 1 aliphatic carbocycles. The largest absolute Gasteiger partial charge is 0.369 e. The summed E-state index contributed by atoms with van der Waals surface area (Å²) in [5.41, 5.74) is 6.04. The van der Waals surface area contributed by atoms with Crippen molar-refractivity contribution in [3.63, 3.8) is 0 Å². The van der Waals surface area contributed by atoms with Crippen LogP contribution in [0, 0.1) is 6.92 Å². The van der Waals surface area contributed by atoms with E-state index in [0.717, 1.165) is 63.1 Å². The molecule has 1 saturated heterocycles. The molecule has 4 nitrogen and oxygen atoms in total. The second-order valence-electron chi connectivity index (χ2n) is 12.0. The first-order chi connectivity index (χ1) is 19.5. The van der Waals surface area contributed by atoms with Gasteiger partial charge in [-0.1, -0.05) is 86.0 Å².